The van der Waals surface area contributed by atoms with Crippen molar-refractivity contribution in [1.29, 1.82) is 0 Å². The van der Waals surface area contributed by atoms with E-state index in [1.165, 1.54) is 4.90 Å². The standard InChI is InChI=1S/C15H20F2N2O2/c1-3-4-12-15(20)19(9-13(16)17)14(18-12)10-5-7-11(21-2)8-6-10/h5-8,12-14,18H,3-4,9H2,1-2H3. The van der Waals surface area contributed by atoms with Gasteiger partial charge in [0, 0.05) is 0 Å². The summed E-state index contributed by atoms with van der Waals surface area (Å²) >= 11 is 0. The van der Waals surface area contributed by atoms with Crippen LogP contribution in [-0.4, -0.2) is 36.9 Å². The summed E-state index contributed by atoms with van der Waals surface area (Å²) in [6, 6.07) is 6.71. The smallest absolute Gasteiger partial charge is 0.255 e. The lowest BCUT2D eigenvalue weighted by Crippen LogP contribution is -2.35. The van der Waals surface area contributed by atoms with Crippen LogP contribution < -0.4 is 10.1 Å². The third kappa shape index (κ3) is 3.50. The zero-order chi connectivity index (χ0) is 15.4. The van der Waals surface area contributed by atoms with Gasteiger partial charge in [0.15, 0.2) is 0 Å². The molecule has 1 saturated heterocycles. The Kier molecular flexibility index (Phi) is 5.12. The maximum Gasteiger partial charge on any atom is 0.255 e. The molecule has 4 nitrogen and oxygen atoms in total. The number of carbonyl (C=O) groups is 1. The molecule has 2 rings (SSSR count). The summed E-state index contributed by atoms with van der Waals surface area (Å²) < 4.78 is 30.6. The van der Waals surface area contributed by atoms with Gasteiger partial charge < -0.3 is 9.64 Å². The van der Waals surface area contributed by atoms with E-state index in [1.807, 2.05) is 6.92 Å². The van der Waals surface area contributed by atoms with Crippen LogP contribution in [0.1, 0.15) is 31.5 Å². The molecule has 0 bridgehead atoms. The highest BCUT2D eigenvalue weighted by molar-refractivity contribution is 5.84. The fourth-order valence-corrected chi connectivity index (χ4v) is 2.58. The number of carbonyl (C=O) groups excluding carboxylic acids is 1. The maximum absolute atomic E-state index is 12.7. The molecule has 0 aliphatic carbocycles. The van der Waals surface area contributed by atoms with Crippen molar-refractivity contribution in [3.8, 4) is 5.75 Å². The average molecular weight is 298 g/mol. The number of hydrogen-bond acceptors (Lipinski definition) is 3. The molecule has 21 heavy (non-hydrogen) atoms. The largest absolute Gasteiger partial charge is 0.497 e. The zero-order valence-electron chi connectivity index (χ0n) is 12.2. The number of benzene rings is 1. The molecular weight excluding hydrogens is 278 g/mol. The Labute approximate surface area is 123 Å². The molecule has 1 heterocycles. The van der Waals surface area contributed by atoms with Gasteiger partial charge in [0.05, 0.1) is 19.7 Å². The topological polar surface area (TPSA) is 41.6 Å². The Morgan fingerprint density at radius 1 is 1.33 bits per heavy atom. The van der Waals surface area contributed by atoms with Crippen LogP contribution in [0.5, 0.6) is 5.75 Å². The van der Waals surface area contributed by atoms with Crippen LogP contribution in [0.3, 0.4) is 0 Å². The average Bonchev–Trinajstić information content (AvgIpc) is 2.77. The monoisotopic (exact) mass is 298 g/mol. The summed E-state index contributed by atoms with van der Waals surface area (Å²) in [6.07, 6.45) is -1.59. The van der Waals surface area contributed by atoms with Crippen molar-refractivity contribution in [2.24, 2.45) is 0 Å². The highest BCUT2D eigenvalue weighted by atomic mass is 19.3. The van der Waals surface area contributed by atoms with Gasteiger partial charge in [0.1, 0.15) is 11.9 Å². The molecule has 1 N–H and O–H groups in total. The third-order valence-electron chi connectivity index (χ3n) is 3.60. The van der Waals surface area contributed by atoms with Crippen molar-refractivity contribution in [2.75, 3.05) is 13.7 Å². The van der Waals surface area contributed by atoms with E-state index in [0.717, 1.165) is 12.0 Å². The second kappa shape index (κ2) is 6.85. The van der Waals surface area contributed by atoms with Gasteiger partial charge >= 0.3 is 0 Å². The van der Waals surface area contributed by atoms with Crippen molar-refractivity contribution in [3.05, 3.63) is 29.8 Å². The number of hydrogen-bond donors (Lipinski definition) is 1. The van der Waals surface area contributed by atoms with Gasteiger partial charge in [0.2, 0.25) is 5.91 Å². The Balaban J connectivity index is 2.22. The van der Waals surface area contributed by atoms with Crippen LogP contribution in [0.4, 0.5) is 8.78 Å². The summed E-state index contributed by atoms with van der Waals surface area (Å²) in [7, 11) is 1.56. The number of nitrogens with zero attached hydrogens (tertiary/aromatic N) is 1. The molecule has 116 valence electrons. The van der Waals surface area contributed by atoms with Crippen molar-refractivity contribution < 1.29 is 18.3 Å². The van der Waals surface area contributed by atoms with E-state index in [2.05, 4.69) is 5.32 Å². The number of amides is 1. The Morgan fingerprint density at radius 2 is 2.00 bits per heavy atom. The molecule has 1 aromatic rings. The van der Waals surface area contributed by atoms with Crippen LogP contribution >= 0.6 is 0 Å². The molecule has 0 spiro atoms. The summed E-state index contributed by atoms with van der Waals surface area (Å²) in [6.45, 7) is 1.41. The fourth-order valence-electron chi connectivity index (χ4n) is 2.58. The maximum atomic E-state index is 12.7. The SMILES string of the molecule is CCCC1NC(c2ccc(OC)cc2)N(CC(F)F)C1=O. The number of rotatable bonds is 6. The predicted octanol–water partition coefficient (Wildman–Crippen LogP) is 2.56. The van der Waals surface area contributed by atoms with Crippen molar-refractivity contribution in [3.63, 3.8) is 0 Å². The lowest BCUT2D eigenvalue weighted by Gasteiger charge is -2.24. The van der Waals surface area contributed by atoms with Crippen LogP contribution in [-0.2, 0) is 4.79 Å². The second-order valence-corrected chi connectivity index (χ2v) is 5.07. The number of methoxy groups -OCH3 is 1. The highest BCUT2D eigenvalue weighted by Crippen LogP contribution is 2.28. The molecule has 1 aliphatic heterocycles. The lowest BCUT2D eigenvalue weighted by molar-refractivity contribution is -0.132. The molecule has 6 heteroatoms. The van der Waals surface area contributed by atoms with Gasteiger partial charge in [-0.15, -0.1) is 0 Å². The minimum atomic E-state index is -2.54. The van der Waals surface area contributed by atoms with Gasteiger partial charge in [-0.2, -0.15) is 0 Å². The zero-order valence-corrected chi connectivity index (χ0v) is 12.2. The first-order valence-corrected chi connectivity index (χ1v) is 7.05. The van der Waals surface area contributed by atoms with Crippen LogP contribution in [0.25, 0.3) is 0 Å². The molecule has 0 aromatic heterocycles. The van der Waals surface area contributed by atoms with E-state index >= 15 is 0 Å². The molecule has 1 aromatic carbocycles. The summed E-state index contributed by atoms with van der Waals surface area (Å²) in [5.74, 6) is 0.437. The van der Waals surface area contributed by atoms with Gasteiger partial charge in [-0.3, -0.25) is 10.1 Å². The lowest BCUT2D eigenvalue weighted by atomic mass is 10.1. The van der Waals surface area contributed by atoms with Crippen molar-refractivity contribution in [1.82, 2.24) is 10.2 Å². The van der Waals surface area contributed by atoms with E-state index in [9.17, 15) is 13.6 Å². The number of alkyl halides is 2. The molecule has 2 atom stereocenters. The predicted molar refractivity (Wildman–Crippen MR) is 75.3 cm³/mol. The van der Waals surface area contributed by atoms with Crippen LogP contribution in [0.15, 0.2) is 24.3 Å². The second-order valence-electron chi connectivity index (χ2n) is 5.07. The first kappa shape index (κ1) is 15.7. The molecular formula is C15H20F2N2O2. The van der Waals surface area contributed by atoms with Crippen molar-refractivity contribution in [2.45, 2.75) is 38.4 Å². The number of halogens is 2. The highest BCUT2D eigenvalue weighted by Gasteiger charge is 2.40. The third-order valence-corrected chi connectivity index (χ3v) is 3.60. The van der Waals surface area contributed by atoms with Crippen molar-refractivity contribution >= 4 is 5.91 Å². The molecule has 1 fully saturated rings. The molecule has 1 amide bonds. The Hall–Kier alpha value is -1.69. The van der Waals surface area contributed by atoms with E-state index in [-0.39, 0.29) is 11.9 Å². The van der Waals surface area contributed by atoms with E-state index < -0.39 is 19.1 Å². The Bertz CT molecular complexity index is 479. The van der Waals surface area contributed by atoms with E-state index in [1.54, 1.807) is 31.4 Å². The Morgan fingerprint density at radius 3 is 2.52 bits per heavy atom. The molecule has 0 saturated carbocycles. The van der Waals surface area contributed by atoms with Gasteiger partial charge in [0.25, 0.3) is 6.43 Å². The molecule has 2 unspecified atom stereocenters. The summed E-state index contributed by atoms with van der Waals surface area (Å²) in [5, 5.41) is 3.15. The first-order valence-electron chi connectivity index (χ1n) is 7.05. The van der Waals surface area contributed by atoms with Crippen LogP contribution in [0, 0.1) is 0 Å². The molecule has 1 aliphatic rings. The molecule has 0 radical (unpaired) electrons. The quantitative estimate of drug-likeness (QED) is 0.877. The van der Waals surface area contributed by atoms with Gasteiger partial charge in [-0.1, -0.05) is 25.5 Å². The first-order chi connectivity index (χ1) is 10.1. The minimum absolute atomic E-state index is 0.252. The fraction of sp³-hybridized carbons (Fsp3) is 0.533. The normalized spacial score (nSPS) is 22.1. The van der Waals surface area contributed by atoms with Crippen LogP contribution in [0.2, 0.25) is 0 Å². The van der Waals surface area contributed by atoms with Gasteiger partial charge in [-0.05, 0) is 24.1 Å². The summed E-state index contributed by atoms with van der Waals surface area (Å²) in [5.41, 5.74) is 0.781. The van der Waals surface area contributed by atoms with E-state index in [4.69, 9.17) is 4.74 Å². The van der Waals surface area contributed by atoms with E-state index in [0.29, 0.717) is 12.2 Å². The minimum Gasteiger partial charge on any atom is -0.497 e. The number of nitrogens with one attached hydrogen (secondary N) is 1. The number of ether oxygens (including phenoxy) is 1. The summed E-state index contributed by atoms with van der Waals surface area (Å²) in [4.78, 5) is 13.5. The van der Waals surface area contributed by atoms with Gasteiger partial charge in [-0.25, -0.2) is 8.78 Å².